The molecule has 182 valence electrons. The van der Waals surface area contributed by atoms with Crippen molar-refractivity contribution in [3.05, 3.63) is 93.1 Å². The van der Waals surface area contributed by atoms with E-state index in [1.165, 1.54) is 23.0 Å². The Labute approximate surface area is 204 Å². The molecule has 0 spiro atoms. The summed E-state index contributed by atoms with van der Waals surface area (Å²) in [4.78, 5) is 47.2. The molecule has 0 saturated heterocycles. The number of hydrogen-bond donors (Lipinski definition) is 0. The smallest absolute Gasteiger partial charge is 0.338 e. The molecule has 0 saturated carbocycles. The lowest BCUT2D eigenvalue weighted by Gasteiger charge is -2.11. The van der Waals surface area contributed by atoms with Gasteiger partial charge in [-0.2, -0.15) is 0 Å². The fourth-order valence-electron chi connectivity index (χ4n) is 4.17. The van der Waals surface area contributed by atoms with Crippen LogP contribution >= 0.6 is 0 Å². The first kappa shape index (κ1) is 23.2. The normalized spacial score (nSPS) is 11.3. The van der Waals surface area contributed by atoms with Crippen LogP contribution in [0.25, 0.3) is 33.3 Å². The highest BCUT2D eigenvalue weighted by Crippen LogP contribution is 2.25. The molecule has 3 aromatic heterocycles. The summed E-state index contributed by atoms with van der Waals surface area (Å²) in [6.45, 7) is 0.0816. The molecular weight excluding hydrogens is 465 g/mol. The average Bonchev–Trinajstić information content (AvgIpc) is 3.28. The van der Waals surface area contributed by atoms with Crippen molar-refractivity contribution in [3.8, 4) is 11.3 Å². The third-order valence-corrected chi connectivity index (χ3v) is 6.04. The number of carbonyl (C=O) groups excluding carboxylic acids is 1. The van der Waals surface area contributed by atoms with Crippen LogP contribution in [0.15, 0.2) is 70.5 Å². The van der Waals surface area contributed by atoms with Gasteiger partial charge in [-0.25, -0.2) is 23.9 Å². The van der Waals surface area contributed by atoms with Crippen LogP contribution in [-0.2, 0) is 25.4 Å². The summed E-state index contributed by atoms with van der Waals surface area (Å²) >= 11 is 0. The van der Waals surface area contributed by atoms with E-state index in [2.05, 4.69) is 9.97 Å². The molecule has 36 heavy (non-hydrogen) atoms. The number of aryl methyl sites for hydroxylation is 2. The molecule has 0 aliphatic carbocycles. The zero-order chi connectivity index (χ0) is 25.4. The second kappa shape index (κ2) is 9.21. The van der Waals surface area contributed by atoms with Crippen molar-refractivity contribution in [1.82, 2.24) is 23.7 Å². The van der Waals surface area contributed by atoms with E-state index in [0.717, 1.165) is 4.57 Å². The topological polar surface area (TPSA) is 101 Å². The number of para-hydroxylation sites is 1. The molecule has 5 aromatic rings. The van der Waals surface area contributed by atoms with Gasteiger partial charge in [-0.15, -0.1) is 0 Å². The van der Waals surface area contributed by atoms with Crippen molar-refractivity contribution < 1.29 is 13.9 Å². The fraction of sp³-hybridized carbons (Fsp3) is 0.192. The van der Waals surface area contributed by atoms with Crippen LogP contribution in [0.1, 0.15) is 16.8 Å². The second-order valence-electron chi connectivity index (χ2n) is 8.39. The molecule has 0 unspecified atom stereocenters. The van der Waals surface area contributed by atoms with Crippen LogP contribution in [0, 0.1) is 5.82 Å². The first-order valence-corrected chi connectivity index (χ1v) is 11.3. The summed E-state index contributed by atoms with van der Waals surface area (Å²) < 4.78 is 22.9. The highest BCUT2D eigenvalue weighted by Gasteiger charge is 2.17. The molecule has 9 nitrogen and oxygen atoms in total. The van der Waals surface area contributed by atoms with Crippen LogP contribution in [0.2, 0.25) is 0 Å². The second-order valence-corrected chi connectivity index (χ2v) is 8.39. The van der Waals surface area contributed by atoms with Gasteiger partial charge in [-0.1, -0.05) is 18.2 Å². The van der Waals surface area contributed by atoms with Gasteiger partial charge in [0.2, 0.25) is 0 Å². The lowest BCUT2D eigenvalue weighted by Crippen LogP contribution is -2.39. The molecule has 0 bridgehead atoms. The van der Waals surface area contributed by atoms with E-state index in [1.807, 2.05) is 6.07 Å². The van der Waals surface area contributed by atoms with Gasteiger partial charge in [0.05, 0.1) is 29.7 Å². The number of nitrogens with zero attached hydrogens (tertiary/aromatic N) is 5. The summed E-state index contributed by atoms with van der Waals surface area (Å²) in [7, 11) is 3.24. The van der Waals surface area contributed by atoms with Gasteiger partial charge < -0.3 is 9.30 Å². The number of esters is 1. The van der Waals surface area contributed by atoms with Gasteiger partial charge in [0.1, 0.15) is 5.82 Å². The monoisotopic (exact) mass is 487 g/mol. The molecule has 5 rings (SSSR count). The largest absolute Gasteiger partial charge is 0.462 e. The Hall–Kier alpha value is -4.60. The summed E-state index contributed by atoms with van der Waals surface area (Å²) in [6, 6.07) is 14.7. The number of carbonyl (C=O) groups is 1. The van der Waals surface area contributed by atoms with Crippen molar-refractivity contribution in [2.24, 2.45) is 14.1 Å². The third-order valence-electron chi connectivity index (χ3n) is 6.04. The van der Waals surface area contributed by atoms with Crippen molar-refractivity contribution >= 4 is 28.0 Å². The van der Waals surface area contributed by atoms with E-state index in [-0.39, 0.29) is 25.4 Å². The number of pyridine rings is 1. The van der Waals surface area contributed by atoms with Gasteiger partial charge in [0.25, 0.3) is 5.56 Å². The maximum Gasteiger partial charge on any atom is 0.338 e. The molecule has 0 aliphatic heterocycles. The van der Waals surface area contributed by atoms with Crippen molar-refractivity contribution in [2.75, 3.05) is 6.61 Å². The Kier molecular flexibility index (Phi) is 5.93. The quantitative estimate of drug-likeness (QED) is 0.270. The lowest BCUT2D eigenvalue weighted by molar-refractivity contribution is 0.0497. The SMILES string of the molecule is Cn1cnc2c1c(=O)n(CCCOC(=O)c1cc(-c3ccc(F)cc3)nc3ccccc13)c(=O)n2C. The van der Waals surface area contributed by atoms with E-state index in [9.17, 15) is 18.8 Å². The summed E-state index contributed by atoms with van der Waals surface area (Å²) in [5.74, 6) is -0.921. The summed E-state index contributed by atoms with van der Waals surface area (Å²) in [6.07, 6.45) is 1.74. The van der Waals surface area contributed by atoms with Gasteiger partial charge in [0, 0.05) is 31.6 Å². The Morgan fingerprint density at radius 2 is 1.81 bits per heavy atom. The summed E-state index contributed by atoms with van der Waals surface area (Å²) in [5.41, 5.74) is 1.82. The fourth-order valence-corrected chi connectivity index (χ4v) is 4.17. The minimum absolute atomic E-state index is 0.000380. The number of hydrogen-bond acceptors (Lipinski definition) is 6. The van der Waals surface area contributed by atoms with Gasteiger partial charge >= 0.3 is 11.7 Å². The Bertz CT molecular complexity index is 1730. The molecular formula is C26H22FN5O4. The molecule has 0 radical (unpaired) electrons. The maximum absolute atomic E-state index is 13.4. The molecule has 0 aliphatic rings. The minimum atomic E-state index is -0.556. The van der Waals surface area contributed by atoms with E-state index >= 15 is 0 Å². The van der Waals surface area contributed by atoms with E-state index < -0.39 is 17.2 Å². The first-order valence-electron chi connectivity index (χ1n) is 11.3. The van der Waals surface area contributed by atoms with Crippen LogP contribution in [0.3, 0.4) is 0 Å². The zero-order valence-electron chi connectivity index (χ0n) is 19.6. The van der Waals surface area contributed by atoms with Crippen LogP contribution in [0.5, 0.6) is 0 Å². The number of halogens is 1. The maximum atomic E-state index is 13.4. The van der Waals surface area contributed by atoms with Gasteiger partial charge in [0.15, 0.2) is 11.2 Å². The molecule has 10 heteroatoms. The Balaban J connectivity index is 1.37. The van der Waals surface area contributed by atoms with E-state index in [4.69, 9.17) is 4.74 Å². The van der Waals surface area contributed by atoms with E-state index in [1.54, 1.807) is 55.1 Å². The molecule has 0 atom stereocenters. The van der Waals surface area contributed by atoms with Gasteiger partial charge in [-0.05, 0) is 42.8 Å². The molecule has 0 amide bonds. The number of fused-ring (bicyclic) bond motifs is 2. The van der Waals surface area contributed by atoms with Crippen LogP contribution in [-0.4, -0.2) is 36.2 Å². The molecule has 0 fully saturated rings. The first-order chi connectivity index (χ1) is 17.3. The highest BCUT2D eigenvalue weighted by atomic mass is 19.1. The van der Waals surface area contributed by atoms with E-state index in [0.29, 0.717) is 38.9 Å². The summed E-state index contributed by atoms with van der Waals surface area (Å²) in [5, 5.41) is 0.625. The predicted molar refractivity (Wildman–Crippen MR) is 132 cm³/mol. The molecule has 3 heterocycles. The third kappa shape index (κ3) is 4.06. The average molecular weight is 487 g/mol. The number of benzene rings is 2. The minimum Gasteiger partial charge on any atom is -0.462 e. The van der Waals surface area contributed by atoms with Crippen LogP contribution < -0.4 is 11.2 Å². The number of ether oxygens (including phenoxy) is 1. The van der Waals surface area contributed by atoms with Crippen LogP contribution in [0.4, 0.5) is 4.39 Å². The van der Waals surface area contributed by atoms with Crippen molar-refractivity contribution in [1.29, 1.82) is 0 Å². The standard InChI is InChI=1S/C26H22FN5O4/c1-30-15-28-23-22(30)24(33)32(26(35)31(23)2)12-5-13-36-25(34)19-14-21(16-8-10-17(27)11-9-16)29-20-7-4-3-6-18(19)20/h3-4,6-11,14-15H,5,12-13H2,1-2H3. The number of rotatable bonds is 6. The zero-order valence-corrected chi connectivity index (χ0v) is 19.6. The Morgan fingerprint density at radius 3 is 2.58 bits per heavy atom. The highest BCUT2D eigenvalue weighted by molar-refractivity contribution is 6.04. The lowest BCUT2D eigenvalue weighted by atomic mass is 10.0. The number of aromatic nitrogens is 5. The van der Waals surface area contributed by atoms with Crippen molar-refractivity contribution in [2.45, 2.75) is 13.0 Å². The van der Waals surface area contributed by atoms with Crippen molar-refractivity contribution in [3.63, 3.8) is 0 Å². The molecule has 0 N–H and O–H groups in total. The number of imidazole rings is 1. The van der Waals surface area contributed by atoms with Gasteiger partial charge in [-0.3, -0.25) is 13.9 Å². The predicted octanol–water partition coefficient (Wildman–Crippen LogP) is 3.04. The molecule has 2 aromatic carbocycles. The Morgan fingerprint density at radius 1 is 1.06 bits per heavy atom.